The average molecular weight is 175 g/mol. The molecule has 1 atom stereocenters. The third-order valence-electron chi connectivity index (χ3n) is 1.84. The molecule has 0 aliphatic rings. The highest BCUT2D eigenvalue weighted by Crippen LogP contribution is 2.31. The van der Waals surface area contributed by atoms with Crippen LogP contribution < -0.4 is 0 Å². The number of nitriles is 1. The fourth-order valence-corrected chi connectivity index (χ4v) is 1.10. The maximum atomic E-state index is 8.99. The lowest BCUT2D eigenvalue weighted by molar-refractivity contribution is 0.361. The summed E-state index contributed by atoms with van der Waals surface area (Å²) in [6.07, 6.45) is 3.33. The largest absolute Gasteiger partial charge is 0.240 e. The third kappa shape index (κ3) is 2.25. The predicted octanol–water partition coefficient (Wildman–Crippen LogP) is 2.13. The first-order valence-corrected chi connectivity index (χ1v) is 4.22. The molecule has 0 radical (unpaired) electrons. The molecule has 0 aliphatic carbocycles. The minimum atomic E-state index is -0.242. The van der Waals surface area contributed by atoms with Crippen LogP contribution >= 0.6 is 0 Å². The molecular weight excluding hydrogens is 162 g/mol. The van der Waals surface area contributed by atoms with Gasteiger partial charge < -0.3 is 0 Å². The Morgan fingerprint density at radius 2 is 1.85 bits per heavy atom. The molecule has 0 amide bonds. The van der Waals surface area contributed by atoms with E-state index < -0.39 is 0 Å². The molecule has 13 heavy (non-hydrogen) atoms. The van der Waals surface area contributed by atoms with E-state index in [9.17, 15) is 0 Å². The van der Waals surface area contributed by atoms with E-state index in [0.717, 1.165) is 0 Å². The van der Waals surface area contributed by atoms with Crippen LogP contribution in [0.1, 0.15) is 32.5 Å². The summed E-state index contributed by atoms with van der Waals surface area (Å²) >= 11 is 0. The quantitative estimate of drug-likeness (QED) is 0.657. The zero-order valence-corrected chi connectivity index (χ0v) is 8.15. The number of hydrogen-bond donors (Lipinski definition) is 0. The minimum Gasteiger partial charge on any atom is -0.240 e. The van der Waals surface area contributed by atoms with Crippen LogP contribution in [0.25, 0.3) is 0 Å². The summed E-state index contributed by atoms with van der Waals surface area (Å²) in [6.45, 7) is 6.03. The van der Waals surface area contributed by atoms with Crippen molar-refractivity contribution in [2.45, 2.75) is 26.7 Å². The SMILES string of the molecule is CC(C)(C)C(C#N)c1ncccn1. The van der Waals surface area contributed by atoms with Crippen molar-refractivity contribution in [3.05, 3.63) is 24.3 Å². The van der Waals surface area contributed by atoms with E-state index >= 15 is 0 Å². The monoisotopic (exact) mass is 175 g/mol. The molecule has 1 rings (SSSR count). The molecule has 3 nitrogen and oxygen atoms in total. The Kier molecular flexibility index (Phi) is 2.62. The second kappa shape index (κ2) is 3.53. The van der Waals surface area contributed by atoms with E-state index in [4.69, 9.17) is 5.26 Å². The van der Waals surface area contributed by atoms with Gasteiger partial charge in [-0.05, 0) is 11.5 Å². The van der Waals surface area contributed by atoms with Gasteiger partial charge in [-0.25, -0.2) is 9.97 Å². The zero-order valence-electron chi connectivity index (χ0n) is 8.15. The van der Waals surface area contributed by atoms with Crippen LogP contribution in [0.4, 0.5) is 0 Å². The lowest BCUT2D eigenvalue weighted by Crippen LogP contribution is -2.18. The molecular formula is C10H13N3. The Hall–Kier alpha value is -1.43. The van der Waals surface area contributed by atoms with Gasteiger partial charge in [0.25, 0.3) is 0 Å². The molecule has 1 heterocycles. The molecule has 0 saturated heterocycles. The van der Waals surface area contributed by atoms with Gasteiger partial charge in [-0.2, -0.15) is 5.26 Å². The van der Waals surface area contributed by atoms with Gasteiger partial charge in [-0.15, -0.1) is 0 Å². The summed E-state index contributed by atoms with van der Waals surface area (Å²) in [5.41, 5.74) is -0.115. The molecule has 1 aromatic rings. The third-order valence-corrected chi connectivity index (χ3v) is 1.84. The molecule has 1 unspecified atom stereocenters. The summed E-state index contributed by atoms with van der Waals surface area (Å²) in [4.78, 5) is 8.17. The van der Waals surface area contributed by atoms with Crippen molar-refractivity contribution in [3.63, 3.8) is 0 Å². The topological polar surface area (TPSA) is 49.6 Å². The predicted molar refractivity (Wildman–Crippen MR) is 49.8 cm³/mol. The summed E-state index contributed by atoms with van der Waals surface area (Å²) in [5, 5.41) is 8.99. The van der Waals surface area contributed by atoms with Crippen LogP contribution in [-0.2, 0) is 0 Å². The highest BCUT2D eigenvalue weighted by atomic mass is 14.9. The van der Waals surface area contributed by atoms with Crippen molar-refractivity contribution in [3.8, 4) is 6.07 Å². The Morgan fingerprint density at radius 3 is 2.23 bits per heavy atom. The molecule has 0 spiro atoms. The van der Waals surface area contributed by atoms with Crippen LogP contribution in [0.15, 0.2) is 18.5 Å². The fraction of sp³-hybridized carbons (Fsp3) is 0.500. The van der Waals surface area contributed by atoms with Crippen molar-refractivity contribution in [2.75, 3.05) is 0 Å². The van der Waals surface area contributed by atoms with Gasteiger partial charge in [0.2, 0.25) is 0 Å². The number of aromatic nitrogens is 2. The van der Waals surface area contributed by atoms with Crippen LogP contribution in [0.3, 0.4) is 0 Å². The average Bonchev–Trinajstić information content (AvgIpc) is 2.05. The van der Waals surface area contributed by atoms with E-state index in [1.807, 2.05) is 20.8 Å². The standard InChI is InChI=1S/C10H13N3/c1-10(2,3)8(7-11)9-12-5-4-6-13-9/h4-6,8H,1-3H3. The second-order valence-electron chi connectivity index (χ2n) is 4.04. The Bertz CT molecular complexity index is 305. The lowest BCUT2D eigenvalue weighted by atomic mass is 9.81. The smallest absolute Gasteiger partial charge is 0.145 e. The molecule has 0 aliphatic heterocycles. The van der Waals surface area contributed by atoms with Crippen molar-refractivity contribution in [1.82, 2.24) is 9.97 Å². The van der Waals surface area contributed by atoms with E-state index in [-0.39, 0.29) is 11.3 Å². The van der Waals surface area contributed by atoms with Crippen LogP contribution in [-0.4, -0.2) is 9.97 Å². The summed E-state index contributed by atoms with van der Waals surface area (Å²) in [5.74, 6) is 0.367. The van der Waals surface area contributed by atoms with Crippen molar-refractivity contribution in [2.24, 2.45) is 5.41 Å². The van der Waals surface area contributed by atoms with E-state index in [1.54, 1.807) is 18.5 Å². The van der Waals surface area contributed by atoms with E-state index in [1.165, 1.54) is 0 Å². The van der Waals surface area contributed by atoms with Gasteiger partial charge in [0, 0.05) is 12.4 Å². The zero-order chi connectivity index (χ0) is 9.90. The Balaban J connectivity index is 3.01. The van der Waals surface area contributed by atoms with E-state index in [0.29, 0.717) is 5.82 Å². The molecule has 0 fully saturated rings. The van der Waals surface area contributed by atoms with Crippen molar-refractivity contribution in [1.29, 1.82) is 5.26 Å². The fourth-order valence-electron chi connectivity index (χ4n) is 1.10. The Morgan fingerprint density at radius 1 is 1.31 bits per heavy atom. The maximum absolute atomic E-state index is 8.99. The maximum Gasteiger partial charge on any atom is 0.145 e. The minimum absolute atomic E-state index is 0.115. The molecule has 0 bridgehead atoms. The lowest BCUT2D eigenvalue weighted by Gasteiger charge is -2.22. The van der Waals surface area contributed by atoms with Crippen molar-refractivity contribution >= 4 is 0 Å². The molecule has 3 heteroatoms. The van der Waals surface area contributed by atoms with Crippen LogP contribution in [0, 0.1) is 16.7 Å². The van der Waals surface area contributed by atoms with Crippen molar-refractivity contribution < 1.29 is 0 Å². The second-order valence-corrected chi connectivity index (χ2v) is 4.04. The summed E-state index contributed by atoms with van der Waals surface area (Å²) in [6, 6.07) is 3.98. The number of nitrogens with zero attached hydrogens (tertiary/aromatic N) is 3. The highest BCUT2D eigenvalue weighted by molar-refractivity contribution is 5.12. The first-order valence-electron chi connectivity index (χ1n) is 4.22. The van der Waals surface area contributed by atoms with E-state index in [2.05, 4.69) is 16.0 Å². The summed E-state index contributed by atoms with van der Waals surface area (Å²) < 4.78 is 0. The first-order chi connectivity index (χ1) is 6.05. The van der Waals surface area contributed by atoms with Gasteiger partial charge in [0.05, 0.1) is 6.07 Å². The summed E-state index contributed by atoms with van der Waals surface area (Å²) in [7, 11) is 0. The van der Waals surface area contributed by atoms with Gasteiger partial charge in [-0.1, -0.05) is 20.8 Å². The van der Waals surface area contributed by atoms with Crippen LogP contribution in [0.2, 0.25) is 0 Å². The van der Waals surface area contributed by atoms with Gasteiger partial charge in [0.15, 0.2) is 0 Å². The number of hydrogen-bond acceptors (Lipinski definition) is 3. The Labute approximate surface area is 78.5 Å². The molecule has 1 aromatic heterocycles. The number of rotatable bonds is 1. The molecule has 0 saturated carbocycles. The molecule has 0 aromatic carbocycles. The van der Waals surface area contributed by atoms with Crippen LogP contribution in [0.5, 0.6) is 0 Å². The molecule has 68 valence electrons. The first kappa shape index (κ1) is 9.66. The van der Waals surface area contributed by atoms with Gasteiger partial charge in [-0.3, -0.25) is 0 Å². The molecule has 0 N–H and O–H groups in total. The van der Waals surface area contributed by atoms with Gasteiger partial charge in [0.1, 0.15) is 11.7 Å². The normalized spacial score (nSPS) is 13.4. The van der Waals surface area contributed by atoms with Gasteiger partial charge >= 0.3 is 0 Å². The highest BCUT2D eigenvalue weighted by Gasteiger charge is 2.28.